The van der Waals surface area contributed by atoms with Crippen LogP contribution in [-0.2, 0) is 0 Å². The van der Waals surface area contributed by atoms with Crippen molar-refractivity contribution < 1.29 is 4.79 Å². The number of hydrogen-bond donors (Lipinski definition) is 3. The number of anilines is 2. The second-order valence-corrected chi connectivity index (χ2v) is 5.34. The summed E-state index contributed by atoms with van der Waals surface area (Å²) in [5, 5.41) is 4.21. The van der Waals surface area contributed by atoms with E-state index in [-0.39, 0.29) is 5.91 Å². The number of H-pyrrole nitrogens is 1. The van der Waals surface area contributed by atoms with E-state index in [1.54, 1.807) is 18.2 Å². The van der Waals surface area contributed by atoms with E-state index in [0.717, 1.165) is 16.5 Å². The standard InChI is InChI=1S/C16H14ClN3O/c1-9-5-6-11(17)13(7-9)20-16(21)14-8-10-3-2-4-12(18)15(10)19-14/h2-8,19H,18H2,1H3,(H,20,21). The number of rotatable bonds is 2. The quantitative estimate of drug-likeness (QED) is 0.627. The maximum Gasteiger partial charge on any atom is 0.272 e. The van der Waals surface area contributed by atoms with Gasteiger partial charge in [-0.25, -0.2) is 0 Å². The smallest absolute Gasteiger partial charge is 0.272 e. The Morgan fingerprint density at radius 2 is 2.05 bits per heavy atom. The number of halogens is 1. The van der Waals surface area contributed by atoms with Crippen LogP contribution in [0.25, 0.3) is 10.9 Å². The van der Waals surface area contributed by atoms with E-state index < -0.39 is 0 Å². The third-order valence-corrected chi connectivity index (χ3v) is 3.63. The lowest BCUT2D eigenvalue weighted by atomic mass is 10.2. The van der Waals surface area contributed by atoms with Gasteiger partial charge in [0.25, 0.3) is 5.91 Å². The summed E-state index contributed by atoms with van der Waals surface area (Å²) in [5.41, 5.74) is 9.32. The molecule has 3 rings (SSSR count). The molecule has 0 fully saturated rings. The van der Waals surface area contributed by atoms with Crippen molar-refractivity contribution in [1.82, 2.24) is 4.98 Å². The minimum Gasteiger partial charge on any atom is -0.397 e. The molecule has 0 aliphatic heterocycles. The van der Waals surface area contributed by atoms with Gasteiger partial charge in [0, 0.05) is 5.39 Å². The number of benzene rings is 2. The molecule has 0 radical (unpaired) electrons. The molecule has 0 spiro atoms. The Labute approximate surface area is 126 Å². The zero-order valence-corrected chi connectivity index (χ0v) is 12.2. The number of nitrogens with two attached hydrogens (primary N) is 1. The fourth-order valence-corrected chi connectivity index (χ4v) is 2.39. The summed E-state index contributed by atoms with van der Waals surface area (Å²) in [4.78, 5) is 15.4. The molecule has 106 valence electrons. The first-order valence-corrected chi connectivity index (χ1v) is 6.87. The third-order valence-electron chi connectivity index (χ3n) is 3.30. The van der Waals surface area contributed by atoms with Crippen LogP contribution in [0.3, 0.4) is 0 Å². The SMILES string of the molecule is Cc1ccc(Cl)c(NC(=O)c2cc3cccc(N)c3[nH]2)c1. The van der Waals surface area contributed by atoms with Gasteiger partial charge in [-0.3, -0.25) is 4.79 Å². The number of hydrogen-bond acceptors (Lipinski definition) is 2. The second kappa shape index (κ2) is 5.14. The van der Waals surface area contributed by atoms with Crippen molar-refractivity contribution in [2.75, 3.05) is 11.1 Å². The minimum atomic E-state index is -0.252. The van der Waals surface area contributed by atoms with Crippen molar-refractivity contribution in [1.29, 1.82) is 0 Å². The van der Waals surface area contributed by atoms with E-state index in [9.17, 15) is 4.79 Å². The van der Waals surface area contributed by atoms with E-state index in [4.69, 9.17) is 17.3 Å². The minimum absolute atomic E-state index is 0.252. The molecule has 1 aromatic heterocycles. The number of aryl methyl sites for hydroxylation is 1. The van der Waals surface area contributed by atoms with E-state index >= 15 is 0 Å². The van der Waals surface area contributed by atoms with Crippen LogP contribution in [0, 0.1) is 6.92 Å². The highest BCUT2D eigenvalue weighted by molar-refractivity contribution is 6.34. The van der Waals surface area contributed by atoms with Crippen molar-refractivity contribution in [3.63, 3.8) is 0 Å². The van der Waals surface area contributed by atoms with Crippen molar-refractivity contribution >= 4 is 39.8 Å². The summed E-state index contributed by atoms with van der Waals surface area (Å²) in [6.45, 7) is 1.94. The molecule has 1 heterocycles. The van der Waals surface area contributed by atoms with E-state index in [1.807, 2.05) is 31.2 Å². The van der Waals surface area contributed by atoms with Crippen LogP contribution in [0.2, 0.25) is 5.02 Å². The molecule has 0 saturated carbocycles. The highest BCUT2D eigenvalue weighted by Gasteiger charge is 2.12. The Hall–Kier alpha value is -2.46. The van der Waals surface area contributed by atoms with Gasteiger partial charge in [0.05, 0.1) is 21.9 Å². The van der Waals surface area contributed by atoms with Crippen LogP contribution in [-0.4, -0.2) is 10.9 Å². The van der Waals surface area contributed by atoms with Gasteiger partial charge in [0.15, 0.2) is 0 Å². The molecular weight excluding hydrogens is 286 g/mol. The topological polar surface area (TPSA) is 70.9 Å². The number of para-hydroxylation sites is 1. The summed E-state index contributed by atoms with van der Waals surface area (Å²) >= 11 is 6.09. The molecule has 21 heavy (non-hydrogen) atoms. The largest absolute Gasteiger partial charge is 0.397 e. The van der Waals surface area contributed by atoms with Crippen molar-refractivity contribution in [3.05, 3.63) is 58.7 Å². The fraction of sp³-hybridized carbons (Fsp3) is 0.0625. The summed E-state index contributed by atoms with van der Waals surface area (Å²) in [6.07, 6.45) is 0. The Balaban J connectivity index is 1.93. The molecule has 5 heteroatoms. The van der Waals surface area contributed by atoms with E-state index in [1.165, 1.54) is 0 Å². The fourth-order valence-electron chi connectivity index (χ4n) is 2.23. The zero-order valence-electron chi connectivity index (χ0n) is 11.4. The molecule has 2 aromatic carbocycles. The number of amides is 1. The third kappa shape index (κ3) is 2.58. The average Bonchev–Trinajstić information content (AvgIpc) is 2.88. The highest BCUT2D eigenvalue weighted by Crippen LogP contribution is 2.25. The monoisotopic (exact) mass is 299 g/mol. The summed E-state index contributed by atoms with van der Waals surface area (Å²) in [6, 6.07) is 12.8. The number of carbonyl (C=O) groups excluding carboxylic acids is 1. The molecule has 0 aliphatic carbocycles. The van der Waals surface area contributed by atoms with Crippen LogP contribution in [0.15, 0.2) is 42.5 Å². The van der Waals surface area contributed by atoms with Gasteiger partial charge in [0.1, 0.15) is 5.69 Å². The molecule has 0 atom stereocenters. The van der Waals surface area contributed by atoms with Crippen LogP contribution in [0.1, 0.15) is 16.1 Å². The van der Waals surface area contributed by atoms with Gasteiger partial charge in [-0.1, -0.05) is 29.8 Å². The van der Waals surface area contributed by atoms with Crippen molar-refractivity contribution in [3.8, 4) is 0 Å². The Morgan fingerprint density at radius 1 is 1.24 bits per heavy atom. The summed E-state index contributed by atoms with van der Waals surface area (Å²) < 4.78 is 0. The predicted molar refractivity (Wildman–Crippen MR) is 86.9 cm³/mol. The van der Waals surface area contributed by atoms with Crippen LogP contribution >= 0.6 is 11.6 Å². The Kier molecular flexibility index (Phi) is 3.31. The first-order valence-electron chi connectivity index (χ1n) is 6.49. The lowest BCUT2D eigenvalue weighted by molar-refractivity contribution is 0.102. The van der Waals surface area contributed by atoms with Gasteiger partial charge in [0.2, 0.25) is 0 Å². The number of aromatic nitrogens is 1. The molecular formula is C16H14ClN3O. The van der Waals surface area contributed by atoms with E-state index in [0.29, 0.717) is 22.1 Å². The second-order valence-electron chi connectivity index (χ2n) is 4.93. The first kappa shape index (κ1) is 13.5. The molecule has 4 nitrogen and oxygen atoms in total. The highest BCUT2D eigenvalue weighted by atomic mass is 35.5. The first-order chi connectivity index (χ1) is 10.0. The van der Waals surface area contributed by atoms with Gasteiger partial charge in [-0.2, -0.15) is 0 Å². The Morgan fingerprint density at radius 3 is 2.81 bits per heavy atom. The molecule has 1 amide bonds. The normalized spacial score (nSPS) is 10.8. The maximum atomic E-state index is 12.3. The number of aromatic amines is 1. The lowest BCUT2D eigenvalue weighted by Crippen LogP contribution is -2.12. The van der Waals surface area contributed by atoms with Gasteiger partial charge in [-0.15, -0.1) is 0 Å². The van der Waals surface area contributed by atoms with Crippen molar-refractivity contribution in [2.45, 2.75) is 6.92 Å². The zero-order chi connectivity index (χ0) is 15.0. The van der Waals surface area contributed by atoms with Crippen LogP contribution in [0.5, 0.6) is 0 Å². The average molecular weight is 300 g/mol. The number of fused-ring (bicyclic) bond motifs is 1. The van der Waals surface area contributed by atoms with Crippen LogP contribution in [0.4, 0.5) is 11.4 Å². The number of carbonyl (C=O) groups is 1. The number of nitrogens with one attached hydrogen (secondary N) is 2. The predicted octanol–water partition coefficient (Wildman–Crippen LogP) is 3.96. The molecule has 0 saturated heterocycles. The molecule has 3 aromatic rings. The molecule has 0 aliphatic rings. The maximum absolute atomic E-state index is 12.3. The lowest BCUT2D eigenvalue weighted by Gasteiger charge is -2.07. The van der Waals surface area contributed by atoms with Crippen LogP contribution < -0.4 is 11.1 Å². The van der Waals surface area contributed by atoms with Gasteiger partial charge >= 0.3 is 0 Å². The Bertz CT molecular complexity index is 839. The molecule has 4 N–H and O–H groups in total. The molecule has 0 bridgehead atoms. The van der Waals surface area contributed by atoms with Gasteiger partial charge in [-0.05, 0) is 36.8 Å². The summed E-state index contributed by atoms with van der Waals surface area (Å²) in [7, 11) is 0. The van der Waals surface area contributed by atoms with Gasteiger partial charge < -0.3 is 16.0 Å². The van der Waals surface area contributed by atoms with Crippen molar-refractivity contribution in [2.24, 2.45) is 0 Å². The summed E-state index contributed by atoms with van der Waals surface area (Å²) in [5.74, 6) is -0.252. The number of nitrogen functional groups attached to an aromatic ring is 1. The molecule has 0 unspecified atom stereocenters. The van der Waals surface area contributed by atoms with E-state index in [2.05, 4.69) is 10.3 Å².